The van der Waals surface area contributed by atoms with Crippen LogP contribution in [0.25, 0.3) is 6.08 Å². The standard InChI is InChI=1S/C23H22FN3O3/c1-15-12-16(8-9-20(15)26-10-3-2-4-11-26)13-19-21(28)25-23(30)27(22(19)29)18-7-5-6-17(24)14-18/h5-9,12-14H,2-4,10-11H2,1H3,(H,25,28,30)/b19-13+. The van der Waals surface area contributed by atoms with Gasteiger partial charge in [-0.05, 0) is 73.7 Å². The Morgan fingerprint density at radius 1 is 1.00 bits per heavy atom. The topological polar surface area (TPSA) is 69.7 Å². The van der Waals surface area contributed by atoms with Crippen molar-refractivity contribution in [2.75, 3.05) is 22.9 Å². The second-order valence-electron chi connectivity index (χ2n) is 7.53. The lowest BCUT2D eigenvalue weighted by Crippen LogP contribution is -2.54. The normalized spacial score (nSPS) is 18.7. The maximum Gasteiger partial charge on any atom is 0.335 e. The van der Waals surface area contributed by atoms with E-state index in [9.17, 15) is 18.8 Å². The molecule has 6 nitrogen and oxygen atoms in total. The van der Waals surface area contributed by atoms with E-state index in [1.54, 1.807) is 0 Å². The van der Waals surface area contributed by atoms with E-state index in [2.05, 4.69) is 10.2 Å². The minimum absolute atomic E-state index is 0.0625. The molecule has 154 valence electrons. The van der Waals surface area contributed by atoms with E-state index in [0.717, 1.165) is 35.3 Å². The van der Waals surface area contributed by atoms with Crippen molar-refractivity contribution in [1.82, 2.24) is 5.32 Å². The highest BCUT2D eigenvalue weighted by atomic mass is 19.1. The summed E-state index contributed by atoms with van der Waals surface area (Å²) in [6.45, 7) is 4.04. The molecular weight excluding hydrogens is 385 g/mol. The SMILES string of the molecule is Cc1cc(/C=C2\C(=O)NC(=O)N(c3cccc(F)c3)C2=O)ccc1N1CCCCC1. The molecule has 0 bridgehead atoms. The van der Waals surface area contributed by atoms with Crippen LogP contribution in [0.15, 0.2) is 48.0 Å². The number of nitrogens with zero attached hydrogens (tertiary/aromatic N) is 2. The van der Waals surface area contributed by atoms with Gasteiger partial charge in [0, 0.05) is 18.8 Å². The quantitative estimate of drug-likeness (QED) is 0.621. The molecule has 1 N–H and O–H groups in total. The second-order valence-corrected chi connectivity index (χ2v) is 7.53. The number of barbiturate groups is 1. The van der Waals surface area contributed by atoms with Gasteiger partial charge in [-0.1, -0.05) is 12.1 Å². The van der Waals surface area contributed by atoms with Crippen LogP contribution >= 0.6 is 0 Å². The van der Waals surface area contributed by atoms with Crippen LogP contribution in [0.2, 0.25) is 0 Å². The Kier molecular flexibility index (Phi) is 5.35. The minimum atomic E-state index is -0.899. The van der Waals surface area contributed by atoms with E-state index < -0.39 is 23.7 Å². The first-order chi connectivity index (χ1) is 14.4. The predicted octanol–water partition coefficient (Wildman–Crippen LogP) is 3.79. The van der Waals surface area contributed by atoms with Crippen molar-refractivity contribution < 1.29 is 18.8 Å². The number of amides is 4. The van der Waals surface area contributed by atoms with Gasteiger partial charge in [-0.3, -0.25) is 14.9 Å². The van der Waals surface area contributed by atoms with Gasteiger partial charge in [0.15, 0.2) is 0 Å². The van der Waals surface area contributed by atoms with Crippen molar-refractivity contribution in [3.05, 3.63) is 65.0 Å². The summed E-state index contributed by atoms with van der Waals surface area (Å²) < 4.78 is 13.6. The predicted molar refractivity (Wildman–Crippen MR) is 113 cm³/mol. The van der Waals surface area contributed by atoms with E-state index in [-0.39, 0.29) is 11.3 Å². The zero-order valence-electron chi connectivity index (χ0n) is 16.7. The number of benzene rings is 2. The fourth-order valence-corrected chi connectivity index (χ4v) is 3.93. The lowest BCUT2D eigenvalue weighted by atomic mass is 10.0. The number of piperidine rings is 1. The molecule has 4 rings (SSSR count). The first kappa shape index (κ1) is 19.8. The van der Waals surface area contributed by atoms with Gasteiger partial charge in [0.2, 0.25) is 0 Å². The van der Waals surface area contributed by atoms with Crippen LogP contribution in [0.1, 0.15) is 30.4 Å². The lowest BCUT2D eigenvalue weighted by molar-refractivity contribution is -0.122. The van der Waals surface area contributed by atoms with Crippen molar-refractivity contribution >= 4 is 35.3 Å². The molecule has 2 fully saturated rings. The third-order valence-corrected chi connectivity index (χ3v) is 5.40. The fourth-order valence-electron chi connectivity index (χ4n) is 3.93. The summed E-state index contributed by atoms with van der Waals surface area (Å²) in [5, 5.41) is 2.15. The van der Waals surface area contributed by atoms with Crippen LogP contribution in [0.4, 0.5) is 20.6 Å². The number of hydrogen-bond donors (Lipinski definition) is 1. The Bertz CT molecular complexity index is 1060. The molecule has 2 aromatic carbocycles. The van der Waals surface area contributed by atoms with Crippen molar-refractivity contribution in [1.29, 1.82) is 0 Å². The number of hydrogen-bond acceptors (Lipinski definition) is 4. The number of nitrogens with one attached hydrogen (secondary N) is 1. The molecule has 0 aromatic heterocycles. The fraction of sp³-hybridized carbons (Fsp3) is 0.261. The van der Waals surface area contributed by atoms with Crippen molar-refractivity contribution in [2.45, 2.75) is 26.2 Å². The zero-order chi connectivity index (χ0) is 21.3. The highest BCUT2D eigenvalue weighted by Crippen LogP contribution is 2.27. The molecular formula is C23H22FN3O3. The average molecular weight is 407 g/mol. The molecule has 30 heavy (non-hydrogen) atoms. The van der Waals surface area contributed by atoms with Crippen LogP contribution in [0.3, 0.4) is 0 Å². The third kappa shape index (κ3) is 3.83. The number of carbonyl (C=O) groups is 3. The number of anilines is 2. The summed E-state index contributed by atoms with van der Waals surface area (Å²) in [5.74, 6) is -2.14. The van der Waals surface area contributed by atoms with E-state index >= 15 is 0 Å². The number of halogens is 1. The first-order valence-corrected chi connectivity index (χ1v) is 9.96. The van der Waals surface area contributed by atoms with Gasteiger partial charge < -0.3 is 4.90 Å². The highest BCUT2D eigenvalue weighted by Gasteiger charge is 2.36. The largest absolute Gasteiger partial charge is 0.371 e. The summed E-state index contributed by atoms with van der Waals surface area (Å²) in [6, 6.07) is 9.98. The zero-order valence-corrected chi connectivity index (χ0v) is 16.7. The van der Waals surface area contributed by atoms with Crippen LogP contribution in [0.5, 0.6) is 0 Å². The van der Waals surface area contributed by atoms with E-state index in [4.69, 9.17) is 0 Å². The molecule has 0 aliphatic carbocycles. The molecule has 0 spiro atoms. The molecule has 7 heteroatoms. The molecule has 2 saturated heterocycles. The van der Waals surface area contributed by atoms with Gasteiger partial charge in [-0.25, -0.2) is 14.1 Å². The van der Waals surface area contributed by atoms with Crippen LogP contribution in [-0.4, -0.2) is 30.9 Å². The van der Waals surface area contributed by atoms with Crippen LogP contribution < -0.4 is 15.1 Å². The molecule has 2 aliphatic rings. The van der Waals surface area contributed by atoms with E-state index in [1.165, 1.54) is 43.5 Å². The molecule has 4 amide bonds. The number of urea groups is 1. The molecule has 0 saturated carbocycles. The van der Waals surface area contributed by atoms with E-state index in [0.29, 0.717) is 5.56 Å². The Morgan fingerprint density at radius 2 is 1.77 bits per heavy atom. The monoisotopic (exact) mass is 407 g/mol. The lowest BCUT2D eigenvalue weighted by Gasteiger charge is -2.30. The average Bonchev–Trinajstić information content (AvgIpc) is 2.72. The maximum absolute atomic E-state index is 13.6. The number of aryl methyl sites for hydroxylation is 1. The molecule has 0 atom stereocenters. The Balaban J connectivity index is 1.65. The van der Waals surface area contributed by atoms with Gasteiger partial charge in [-0.15, -0.1) is 0 Å². The van der Waals surface area contributed by atoms with Gasteiger partial charge >= 0.3 is 6.03 Å². The van der Waals surface area contributed by atoms with Crippen LogP contribution in [-0.2, 0) is 9.59 Å². The van der Waals surface area contributed by atoms with E-state index in [1.807, 2.05) is 25.1 Å². The number of imide groups is 2. The van der Waals surface area contributed by atoms with Gasteiger partial charge in [0.25, 0.3) is 11.8 Å². The first-order valence-electron chi connectivity index (χ1n) is 9.96. The summed E-state index contributed by atoms with van der Waals surface area (Å²) in [5.41, 5.74) is 2.76. The van der Waals surface area contributed by atoms with Crippen LogP contribution in [0, 0.1) is 12.7 Å². The second kappa shape index (κ2) is 8.10. The smallest absolute Gasteiger partial charge is 0.335 e. The Morgan fingerprint density at radius 3 is 2.47 bits per heavy atom. The van der Waals surface area contributed by atoms with Crippen molar-refractivity contribution in [3.8, 4) is 0 Å². The van der Waals surface area contributed by atoms with Gasteiger partial charge in [0.1, 0.15) is 11.4 Å². The van der Waals surface area contributed by atoms with Gasteiger partial charge in [-0.2, -0.15) is 0 Å². The van der Waals surface area contributed by atoms with Crippen molar-refractivity contribution in [2.24, 2.45) is 0 Å². The Hall–Kier alpha value is -3.48. The number of carbonyl (C=O) groups excluding carboxylic acids is 3. The molecule has 2 aliphatic heterocycles. The summed E-state index contributed by atoms with van der Waals surface area (Å²) >= 11 is 0. The molecule has 2 heterocycles. The summed E-state index contributed by atoms with van der Waals surface area (Å²) in [6.07, 6.45) is 5.05. The molecule has 2 aromatic rings. The van der Waals surface area contributed by atoms with Gasteiger partial charge in [0.05, 0.1) is 5.69 Å². The molecule has 0 unspecified atom stereocenters. The summed E-state index contributed by atoms with van der Waals surface area (Å²) in [7, 11) is 0. The molecule has 0 radical (unpaired) electrons. The highest BCUT2D eigenvalue weighted by molar-refractivity contribution is 6.39. The minimum Gasteiger partial charge on any atom is -0.371 e. The summed E-state index contributed by atoms with van der Waals surface area (Å²) in [4.78, 5) is 40.6. The third-order valence-electron chi connectivity index (χ3n) is 5.40. The Labute approximate surface area is 174 Å². The van der Waals surface area contributed by atoms with Crippen molar-refractivity contribution in [3.63, 3.8) is 0 Å². The maximum atomic E-state index is 13.6. The number of rotatable bonds is 3.